The van der Waals surface area contributed by atoms with E-state index in [0.29, 0.717) is 17.6 Å². The number of esters is 1. The fraction of sp³-hybridized carbons (Fsp3) is 0.292. The zero-order chi connectivity index (χ0) is 22.6. The minimum atomic E-state index is -1.08. The zero-order valence-corrected chi connectivity index (χ0v) is 17.9. The third-order valence-corrected chi connectivity index (χ3v) is 4.43. The number of alkyl carbamates (subject to hydrolysis) is 1. The molecule has 31 heavy (non-hydrogen) atoms. The molecule has 1 N–H and O–H groups in total. The number of fused-ring (bicyclic) bond motifs is 1. The molecule has 162 valence electrons. The van der Waals surface area contributed by atoms with Gasteiger partial charge in [-0.05, 0) is 50.5 Å². The summed E-state index contributed by atoms with van der Waals surface area (Å²) >= 11 is 0. The number of nitrogens with one attached hydrogen (secondary N) is 1. The van der Waals surface area contributed by atoms with Crippen LogP contribution in [0.15, 0.2) is 63.8 Å². The maximum atomic E-state index is 13.0. The summed E-state index contributed by atoms with van der Waals surface area (Å²) in [5, 5.41) is 3.34. The number of benzene rings is 2. The van der Waals surface area contributed by atoms with Crippen molar-refractivity contribution in [3.8, 4) is 5.75 Å². The van der Waals surface area contributed by atoms with E-state index in [-0.39, 0.29) is 5.75 Å². The van der Waals surface area contributed by atoms with Crippen LogP contribution in [0.3, 0.4) is 0 Å². The van der Waals surface area contributed by atoms with Crippen LogP contribution < -0.4 is 15.7 Å². The quantitative estimate of drug-likeness (QED) is 0.368. The van der Waals surface area contributed by atoms with Gasteiger partial charge < -0.3 is 19.2 Å². The van der Waals surface area contributed by atoms with E-state index in [0.717, 1.165) is 10.9 Å². The Labute approximate surface area is 180 Å². The normalized spacial score (nSPS) is 12.3. The van der Waals surface area contributed by atoms with Gasteiger partial charge in [0, 0.05) is 17.5 Å². The molecule has 0 fully saturated rings. The van der Waals surface area contributed by atoms with Crippen LogP contribution in [-0.2, 0) is 16.0 Å². The van der Waals surface area contributed by atoms with Crippen molar-refractivity contribution in [2.75, 3.05) is 0 Å². The minimum Gasteiger partial charge on any atom is -0.444 e. The molecule has 0 aliphatic heterocycles. The van der Waals surface area contributed by atoms with Crippen LogP contribution in [0.2, 0.25) is 0 Å². The molecule has 3 aromatic rings. The van der Waals surface area contributed by atoms with Gasteiger partial charge in [0.25, 0.3) is 0 Å². The molecule has 1 aromatic heterocycles. The molecule has 0 aliphatic carbocycles. The molecule has 0 spiro atoms. The molecule has 0 unspecified atom stereocenters. The number of hydrogen-bond acceptors (Lipinski definition) is 6. The van der Waals surface area contributed by atoms with Gasteiger partial charge >= 0.3 is 17.7 Å². The molecule has 2 aromatic carbocycles. The lowest BCUT2D eigenvalue weighted by Gasteiger charge is -2.23. The molecule has 0 aliphatic rings. The predicted molar refractivity (Wildman–Crippen MR) is 116 cm³/mol. The molecular weight excluding hydrogens is 398 g/mol. The third kappa shape index (κ3) is 5.72. The lowest BCUT2D eigenvalue weighted by atomic mass is 10.1. The Kier molecular flexibility index (Phi) is 6.44. The standard InChI is InChI=1S/C24H25NO6/c1-5-15-13-20(26)30-19-14-17(11-12-18(15)19)29-22(27)21(16-9-7-6-8-10-16)25-23(28)31-24(2,3)4/h6-14,21H,5H2,1-4H3,(H,25,28)/t21-/m0/s1. The molecule has 1 heterocycles. The van der Waals surface area contributed by atoms with E-state index in [4.69, 9.17) is 13.9 Å². The second-order valence-corrected chi connectivity index (χ2v) is 8.01. The maximum absolute atomic E-state index is 13.0. The summed E-state index contributed by atoms with van der Waals surface area (Å²) in [5.74, 6) is -0.508. The van der Waals surface area contributed by atoms with Gasteiger partial charge in [0.2, 0.25) is 0 Å². The highest BCUT2D eigenvalue weighted by molar-refractivity contribution is 5.86. The zero-order valence-electron chi connectivity index (χ0n) is 17.9. The highest BCUT2D eigenvalue weighted by atomic mass is 16.6. The van der Waals surface area contributed by atoms with E-state index in [1.54, 1.807) is 63.2 Å². The molecule has 1 amide bonds. The Balaban J connectivity index is 1.88. The van der Waals surface area contributed by atoms with Crippen molar-refractivity contribution in [2.45, 2.75) is 45.8 Å². The third-order valence-electron chi connectivity index (χ3n) is 4.43. The van der Waals surface area contributed by atoms with Crippen molar-refractivity contribution in [2.24, 2.45) is 0 Å². The van der Waals surface area contributed by atoms with Crippen molar-refractivity contribution in [1.29, 1.82) is 0 Å². The van der Waals surface area contributed by atoms with Crippen LogP contribution in [0.5, 0.6) is 5.75 Å². The molecule has 7 heteroatoms. The van der Waals surface area contributed by atoms with Gasteiger partial charge in [-0.3, -0.25) is 0 Å². The molecular formula is C24H25NO6. The summed E-state index contributed by atoms with van der Waals surface area (Å²) in [5.41, 5.74) is 0.520. The first-order valence-corrected chi connectivity index (χ1v) is 9.99. The van der Waals surface area contributed by atoms with Crippen molar-refractivity contribution in [3.63, 3.8) is 0 Å². The Morgan fingerprint density at radius 2 is 1.77 bits per heavy atom. The molecule has 1 atom stereocenters. The second kappa shape index (κ2) is 9.04. The van der Waals surface area contributed by atoms with Crippen molar-refractivity contribution in [3.05, 3.63) is 76.1 Å². The van der Waals surface area contributed by atoms with E-state index < -0.39 is 29.3 Å². The van der Waals surface area contributed by atoms with Gasteiger partial charge in [0.15, 0.2) is 6.04 Å². The van der Waals surface area contributed by atoms with E-state index >= 15 is 0 Å². The number of carbonyl (C=O) groups excluding carboxylic acids is 2. The van der Waals surface area contributed by atoms with Crippen molar-refractivity contribution >= 4 is 23.0 Å². The van der Waals surface area contributed by atoms with Crippen LogP contribution in [0.4, 0.5) is 4.79 Å². The molecule has 3 rings (SSSR count). The number of amides is 1. The van der Waals surface area contributed by atoms with Crippen LogP contribution in [0.1, 0.15) is 44.9 Å². The van der Waals surface area contributed by atoms with Gasteiger partial charge in [-0.25, -0.2) is 14.4 Å². The number of rotatable bonds is 5. The van der Waals surface area contributed by atoms with Crippen LogP contribution in [0.25, 0.3) is 11.0 Å². The van der Waals surface area contributed by atoms with Crippen LogP contribution >= 0.6 is 0 Å². The topological polar surface area (TPSA) is 94.8 Å². The Morgan fingerprint density at radius 1 is 1.06 bits per heavy atom. The summed E-state index contributed by atoms with van der Waals surface area (Å²) in [6, 6.07) is 13.9. The first-order chi connectivity index (χ1) is 14.7. The SMILES string of the molecule is CCc1cc(=O)oc2cc(OC(=O)[C@@H](NC(=O)OC(C)(C)C)c3ccccc3)ccc12. The van der Waals surface area contributed by atoms with E-state index in [9.17, 15) is 14.4 Å². The van der Waals surface area contributed by atoms with E-state index in [1.165, 1.54) is 12.1 Å². The molecule has 0 saturated heterocycles. The number of hydrogen-bond donors (Lipinski definition) is 1. The Hall–Kier alpha value is -3.61. The summed E-state index contributed by atoms with van der Waals surface area (Å²) in [4.78, 5) is 37.0. The first kappa shape index (κ1) is 22.1. The summed E-state index contributed by atoms with van der Waals surface area (Å²) in [7, 11) is 0. The van der Waals surface area contributed by atoms with Gasteiger partial charge in [0.1, 0.15) is 16.9 Å². The highest BCUT2D eigenvalue weighted by Gasteiger charge is 2.27. The van der Waals surface area contributed by atoms with E-state index in [2.05, 4.69) is 5.32 Å². The first-order valence-electron chi connectivity index (χ1n) is 9.99. The van der Waals surface area contributed by atoms with Crippen molar-refractivity contribution < 1.29 is 23.5 Å². The summed E-state index contributed by atoms with van der Waals surface area (Å²) < 4.78 is 16.0. The lowest BCUT2D eigenvalue weighted by Crippen LogP contribution is -2.39. The molecule has 0 bridgehead atoms. The molecule has 7 nitrogen and oxygen atoms in total. The summed E-state index contributed by atoms with van der Waals surface area (Å²) in [6.07, 6.45) is -0.0766. The van der Waals surface area contributed by atoms with Gasteiger partial charge in [-0.2, -0.15) is 0 Å². The molecule has 0 saturated carbocycles. The van der Waals surface area contributed by atoms with Gasteiger partial charge in [0.05, 0.1) is 0 Å². The smallest absolute Gasteiger partial charge is 0.408 e. The fourth-order valence-electron chi connectivity index (χ4n) is 3.09. The van der Waals surface area contributed by atoms with Crippen molar-refractivity contribution in [1.82, 2.24) is 5.32 Å². The molecule has 0 radical (unpaired) electrons. The predicted octanol–water partition coefficient (Wildman–Crippen LogP) is 4.53. The van der Waals surface area contributed by atoms with Gasteiger partial charge in [-0.15, -0.1) is 0 Å². The van der Waals surface area contributed by atoms with Crippen LogP contribution in [-0.4, -0.2) is 17.7 Å². The fourth-order valence-corrected chi connectivity index (χ4v) is 3.09. The average molecular weight is 423 g/mol. The Bertz CT molecular complexity index is 1140. The second-order valence-electron chi connectivity index (χ2n) is 8.01. The monoisotopic (exact) mass is 423 g/mol. The minimum absolute atomic E-state index is 0.195. The number of aryl methyl sites for hydroxylation is 1. The average Bonchev–Trinajstić information content (AvgIpc) is 2.70. The van der Waals surface area contributed by atoms with E-state index in [1.807, 2.05) is 6.92 Å². The van der Waals surface area contributed by atoms with Gasteiger partial charge in [-0.1, -0.05) is 37.3 Å². The maximum Gasteiger partial charge on any atom is 0.408 e. The largest absolute Gasteiger partial charge is 0.444 e. The highest BCUT2D eigenvalue weighted by Crippen LogP contribution is 2.25. The number of carbonyl (C=O) groups is 2. The summed E-state index contributed by atoms with van der Waals surface area (Å²) in [6.45, 7) is 7.14. The lowest BCUT2D eigenvalue weighted by molar-refractivity contribution is -0.137. The Morgan fingerprint density at radius 3 is 2.42 bits per heavy atom. The number of ether oxygens (including phenoxy) is 2. The van der Waals surface area contributed by atoms with Crippen LogP contribution in [0, 0.1) is 0 Å².